The Balaban J connectivity index is 1.67. The number of halogens is 4. The van der Waals surface area contributed by atoms with Crippen LogP contribution in [0.15, 0.2) is 71.9 Å². The average Bonchev–Trinajstić information content (AvgIpc) is 3.19. The summed E-state index contributed by atoms with van der Waals surface area (Å²) in [7, 11) is 0. The van der Waals surface area contributed by atoms with Crippen molar-refractivity contribution in [3.05, 3.63) is 92.4 Å². The van der Waals surface area contributed by atoms with Gasteiger partial charge in [-0.15, -0.1) is 10.2 Å². The highest BCUT2D eigenvalue weighted by atomic mass is 35.5. The van der Waals surface area contributed by atoms with E-state index in [4.69, 9.17) is 46.4 Å². The molecule has 0 saturated carbocycles. The molecule has 0 spiro atoms. The Morgan fingerprint density at radius 2 is 1.45 bits per heavy atom. The van der Waals surface area contributed by atoms with Crippen molar-refractivity contribution in [1.82, 2.24) is 14.8 Å². The van der Waals surface area contributed by atoms with Crippen LogP contribution < -0.4 is 0 Å². The summed E-state index contributed by atoms with van der Waals surface area (Å²) < 4.78 is 1.88. The van der Waals surface area contributed by atoms with E-state index in [2.05, 4.69) is 10.2 Å². The highest BCUT2D eigenvalue weighted by Crippen LogP contribution is 2.30. The number of ketones is 1. The van der Waals surface area contributed by atoms with Crippen LogP contribution in [-0.2, 0) is 0 Å². The van der Waals surface area contributed by atoms with E-state index in [1.165, 1.54) is 11.8 Å². The monoisotopic (exact) mass is 507 g/mol. The topological polar surface area (TPSA) is 47.8 Å². The van der Waals surface area contributed by atoms with Crippen molar-refractivity contribution in [2.24, 2.45) is 0 Å². The third kappa shape index (κ3) is 5.08. The van der Waals surface area contributed by atoms with Crippen LogP contribution >= 0.6 is 58.2 Å². The largest absolute Gasteiger partial charge is 0.293 e. The van der Waals surface area contributed by atoms with Crippen molar-refractivity contribution < 1.29 is 4.79 Å². The van der Waals surface area contributed by atoms with Crippen LogP contribution in [-0.4, -0.2) is 26.3 Å². The van der Waals surface area contributed by atoms with Crippen LogP contribution in [0.2, 0.25) is 20.1 Å². The Hall–Kier alpha value is -2.02. The molecule has 4 aromatic rings. The Morgan fingerprint density at radius 1 is 0.806 bits per heavy atom. The van der Waals surface area contributed by atoms with Gasteiger partial charge in [0.15, 0.2) is 16.8 Å². The predicted octanol–water partition coefficient (Wildman–Crippen LogP) is 7.52. The van der Waals surface area contributed by atoms with Gasteiger partial charge in [-0.3, -0.25) is 9.36 Å². The number of rotatable bonds is 6. The van der Waals surface area contributed by atoms with Crippen molar-refractivity contribution in [2.45, 2.75) is 5.16 Å². The molecule has 0 amide bonds. The van der Waals surface area contributed by atoms with E-state index in [1.807, 2.05) is 28.8 Å². The van der Waals surface area contributed by atoms with Crippen LogP contribution in [0, 0.1) is 0 Å². The molecule has 1 heterocycles. The molecule has 0 bridgehead atoms. The van der Waals surface area contributed by atoms with Gasteiger partial charge in [-0.1, -0.05) is 58.2 Å². The third-order valence-electron chi connectivity index (χ3n) is 4.39. The molecule has 0 saturated heterocycles. The van der Waals surface area contributed by atoms with Gasteiger partial charge >= 0.3 is 0 Å². The fraction of sp³-hybridized carbons (Fsp3) is 0.0455. The smallest absolute Gasteiger partial charge is 0.196 e. The molecule has 1 aromatic heterocycles. The second-order valence-corrected chi connectivity index (χ2v) is 9.10. The summed E-state index contributed by atoms with van der Waals surface area (Å²) in [6.45, 7) is 0. The number of carbonyl (C=O) groups excluding carboxylic acids is 1. The maximum atomic E-state index is 12.7. The molecule has 0 aliphatic rings. The number of hydrogen-bond donors (Lipinski definition) is 0. The van der Waals surface area contributed by atoms with Crippen LogP contribution in [0.4, 0.5) is 0 Å². The average molecular weight is 509 g/mol. The molecule has 0 unspecified atom stereocenters. The molecule has 0 fully saturated rings. The zero-order valence-electron chi connectivity index (χ0n) is 15.7. The molecule has 31 heavy (non-hydrogen) atoms. The summed E-state index contributed by atoms with van der Waals surface area (Å²) in [5.74, 6) is 0.690. The van der Waals surface area contributed by atoms with E-state index in [-0.39, 0.29) is 11.5 Å². The lowest BCUT2D eigenvalue weighted by molar-refractivity contribution is 0.102. The highest BCUT2D eigenvalue weighted by Gasteiger charge is 2.18. The lowest BCUT2D eigenvalue weighted by Gasteiger charge is -2.10. The van der Waals surface area contributed by atoms with Crippen LogP contribution in [0.1, 0.15) is 10.4 Å². The molecule has 156 valence electrons. The van der Waals surface area contributed by atoms with Gasteiger partial charge in [-0.25, -0.2) is 0 Å². The molecule has 3 aromatic carbocycles. The summed E-state index contributed by atoms with van der Waals surface area (Å²) >= 11 is 25.3. The lowest BCUT2D eigenvalue weighted by Crippen LogP contribution is -2.05. The van der Waals surface area contributed by atoms with Gasteiger partial charge < -0.3 is 0 Å². The molecular formula is C22H13Cl4N3OS. The van der Waals surface area contributed by atoms with Gasteiger partial charge in [0.2, 0.25) is 0 Å². The van der Waals surface area contributed by atoms with Crippen molar-refractivity contribution >= 4 is 63.9 Å². The van der Waals surface area contributed by atoms with Crippen molar-refractivity contribution in [3.63, 3.8) is 0 Å². The van der Waals surface area contributed by atoms with Gasteiger partial charge in [0, 0.05) is 26.9 Å². The molecule has 0 atom stereocenters. The van der Waals surface area contributed by atoms with Gasteiger partial charge in [-0.05, 0) is 66.7 Å². The molecule has 0 radical (unpaired) electrons. The normalized spacial score (nSPS) is 11.0. The second kappa shape index (κ2) is 9.63. The first-order chi connectivity index (χ1) is 14.9. The molecule has 0 aliphatic carbocycles. The van der Waals surface area contributed by atoms with Gasteiger partial charge in [0.25, 0.3) is 0 Å². The fourth-order valence-electron chi connectivity index (χ4n) is 2.86. The van der Waals surface area contributed by atoms with Gasteiger partial charge in [0.1, 0.15) is 0 Å². The number of carbonyl (C=O) groups is 1. The number of Topliss-reactive ketones (excluding diaryl/α,β-unsaturated/α-hetero) is 1. The summed E-state index contributed by atoms with van der Waals surface area (Å²) in [5, 5.41) is 11.2. The first-order valence-electron chi connectivity index (χ1n) is 9.01. The molecule has 0 N–H and O–H groups in total. The quantitative estimate of drug-likeness (QED) is 0.199. The Labute approximate surface area is 203 Å². The fourth-order valence-corrected chi connectivity index (χ4v) is 4.25. The first kappa shape index (κ1) is 22.2. The SMILES string of the molecule is O=C(CSc1nnc(-c2ccc(Cl)cc2)n1-c1ccc(Cl)cc1)c1ccc(Cl)c(Cl)c1. The summed E-state index contributed by atoms with van der Waals surface area (Å²) in [6.07, 6.45) is 0. The number of benzene rings is 3. The van der Waals surface area contributed by atoms with Gasteiger partial charge in [-0.2, -0.15) is 0 Å². The van der Waals surface area contributed by atoms with Crippen LogP contribution in [0.25, 0.3) is 17.1 Å². The van der Waals surface area contributed by atoms with Gasteiger partial charge in [0.05, 0.1) is 15.8 Å². The number of thioether (sulfide) groups is 1. The Bertz CT molecular complexity index is 1240. The minimum atomic E-state index is -0.0951. The van der Waals surface area contributed by atoms with E-state index in [0.29, 0.717) is 36.6 Å². The van der Waals surface area contributed by atoms with Crippen molar-refractivity contribution in [2.75, 3.05) is 5.75 Å². The number of nitrogens with zero attached hydrogens (tertiary/aromatic N) is 3. The summed E-state index contributed by atoms with van der Waals surface area (Å²) in [5.41, 5.74) is 2.15. The maximum Gasteiger partial charge on any atom is 0.196 e. The highest BCUT2D eigenvalue weighted by molar-refractivity contribution is 7.99. The summed E-state index contributed by atoms with van der Waals surface area (Å²) in [4.78, 5) is 12.7. The standard InChI is InChI=1S/C22H13Cl4N3OS/c23-15-4-1-13(2-5-15)21-27-28-22(29(21)17-8-6-16(24)7-9-17)31-12-20(30)14-3-10-18(25)19(26)11-14/h1-11H,12H2. The Morgan fingerprint density at radius 3 is 2.10 bits per heavy atom. The molecular weight excluding hydrogens is 496 g/mol. The molecule has 4 rings (SSSR count). The van der Waals surface area contributed by atoms with E-state index in [1.54, 1.807) is 42.5 Å². The second-order valence-electron chi connectivity index (χ2n) is 6.47. The zero-order chi connectivity index (χ0) is 22.0. The first-order valence-corrected chi connectivity index (χ1v) is 11.5. The van der Waals surface area contributed by atoms with E-state index in [9.17, 15) is 4.79 Å². The number of hydrogen-bond acceptors (Lipinski definition) is 4. The number of aromatic nitrogens is 3. The minimum Gasteiger partial charge on any atom is -0.293 e. The van der Waals surface area contributed by atoms with E-state index in [0.717, 1.165) is 11.3 Å². The third-order valence-corrected chi connectivity index (χ3v) is 6.57. The van der Waals surface area contributed by atoms with Crippen molar-refractivity contribution in [1.29, 1.82) is 0 Å². The summed E-state index contributed by atoms with van der Waals surface area (Å²) in [6, 6.07) is 19.5. The molecule has 9 heteroatoms. The molecule has 4 nitrogen and oxygen atoms in total. The van der Waals surface area contributed by atoms with Crippen molar-refractivity contribution in [3.8, 4) is 17.1 Å². The lowest BCUT2D eigenvalue weighted by atomic mass is 10.1. The van der Waals surface area contributed by atoms with Crippen LogP contribution in [0.5, 0.6) is 0 Å². The van der Waals surface area contributed by atoms with E-state index < -0.39 is 0 Å². The zero-order valence-corrected chi connectivity index (χ0v) is 19.6. The van der Waals surface area contributed by atoms with Crippen LogP contribution in [0.3, 0.4) is 0 Å². The Kier molecular flexibility index (Phi) is 6.89. The maximum absolute atomic E-state index is 12.7. The minimum absolute atomic E-state index is 0.0951. The molecule has 0 aliphatic heterocycles. The van der Waals surface area contributed by atoms with E-state index >= 15 is 0 Å². The predicted molar refractivity (Wildman–Crippen MR) is 128 cm³/mol.